The summed E-state index contributed by atoms with van der Waals surface area (Å²) in [5.41, 5.74) is 3.15. The quantitative estimate of drug-likeness (QED) is 0.414. The molecule has 2 aromatic rings. The second-order valence-electron chi connectivity index (χ2n) is 9.84. The zero-order valence-corrected chi connectivity index (χ0v) is 21.5. The Morgan fingerprint density at radius 1 is 1.00 bits per heavy atom. The number of hydrogen-bond acceptors (Lipinski definition) is 7. The molecule has 0 unspecified atom stereocenters. The van der Waals surface area contributed by atoms with Gasteiger partial charge in [-0.3, -0.25) is 4.79 Å². The van der Waals surface area contributed by atoms with Gasteiger partial charge in [0, 0.05) is 29.3 Å². The standard InChI is InChI=1S/C29H33NO6/c1-18-25(28(32)36-14-13-35-20-9-7-6-8-10-20)26(19-11-12-23(33-4)24(15-19)34-5)27-21(30-18)16-29(2,3)17-22(27)31/h6-12,15,26,30H,13-14,16-17H2,1-5H3/t26-/m0/s1. The normalized spacial score (nSPS) is 18.8. The van der Waals surface area contributed by atoms with Crippen LogP contribution in [0, 0.1) is 5.41 Å². The molecule has 7 heteroatoms. The van der Waals surface area contributed by atoms with Gasteiger partial charge in [-0.1, -0.05) is 38.1 Å². The molecule has 0 spiro atoms. The van der Waals surface area contributed by atoms with E-state index in [0.717, 1.165) is 11.3 Å². The van der Waals surface area contributed by atoms with Crippen molar-refractivity contribution in [3.63, 3.8) is 0 Å². The van der Waals surface area contributed by atoms with Crippen molar-refractivity contribution in [2.45, 2.75) is 39.5 Å². The molecule has 1 heterocycles. The van der Waals surface area contributed by atoms with Gasteiger partial charge in [0.2, 0.25) is 0 Å². The van der Waals surface area contributed by atoms with Gasteiger partial charge in [-0.25, -0.2) is 4.79 Å². The zero-order chi connectivity index (χ0) is 25.9. The van der Waals surface area contributed by atoms with Crippen LogP contribution < -0.4 is 19.5 Å². The molecule has 1 atom stereocenters. The molecule has 0 saturated heterocycles. The van der Waals surface area contributed by atoms with E-state index in [2.05, 4.69) is 19.2 Å². The average molecular weight is 492 g/mol. The number of hydrogen-bond donors (Lipinski definition) is 1. The monoisotopic (exact) mass is 491 g/mol. The van der Waals surface area contributed by atoms with Crippen molar-refractivity contribution in [2.75, 3.05) is 27.4 Å². The average Bonchev–Trinajstić information content (AvgIpc) is 2.85. The van der Waals surface area contributed by atoms with Crippen LogP contribution in [0.3, 0.4) is 0 Å². The summed E-state index contributed by atoms with van der Waals surface area (Å²) in [6.45, 7) is 6.31. The van der Waals surface area contributed by atoms with Gasteiger partial charge in [0.1, 0.15) is 19.0 Å². The van der Waals surface area contributed by atoms with Crippen molar-refractivity contribution in [1.82, 2.24) is 5.32 Å². The lowest BCUT2D eigenvalue weighted by Gasteiger charge is -2.39. The van der Waals surface area contributed by atoms with Gasteiger partial charge in [0.05, 0.1) is 19.8 Å². The molecular formula is C29H33NO6. The van der Waals surface area contributed by atoms with Crippen LogP contribution in [0.25, 0.3) is 0 Å². The maximum atomic E-state index is 13.4. The van der Waals surface area contributed by atoms with Crippen molar-refractivity contribution < 1.29 is 28.5 Å². The lowest BCUT2D eigenvalue weighted by atomic mass is 9.68. The van der Waals surface area contributed by atoms with E-state index in [1.54, 1.807) is 20.3 Å². The first-order chi connectivity index (χ1) is 17.2. The van der Waals surface area contributed by atoms with Gasteiger partial charge in [-0.05, 0) is 48.6 Å². The molecule has 2 aliphatic rings. The number of dihydropyridines is 1. The van der Waals surface area contributed by atoms with Crippen LogP contribution in [-0.2, 0) is 14.3 Å². The fraction of sp³-hybridized carbons (Fsp3) is 0.379. The van der Waals surface area contributed by atoms with Crippen molar-refractivity contribution in [3.8, 4) is 17.2 Å². The van der Waals surface area contributed by atoms with E-state index in [1.807, 2.05) is 49.4 Å². The first kappa shape index (κ1) is 25.4. The third-order valence-electron chi connectivity index (χ3n) is 6.53. The fourth-order valence-electron chi connectivity index (χ4n) is 4.96. The number of allylic oxidation sites excluding steroid dienone is 3. The van der Waals surface area contributed by atoms with Crippen LogP contribution >= 0.6 is 0 Å². The number of benzene rings is 2. The van der Waals surface area contributed by atoms with E-state index < -0.39 is 11.9 Å². The van der Waals surface area contributed by atoms with Gasteiger partial charge < -0.3 is 24.3 Å². The Kier molecular flexibility index (Phi) is 7.38. The van der Waals surface area contributed by atoms with E-state index in [1.165, 1.54) is 0 Å². The van der Waals surface area contributed by atoms with Crippen molar-refractivity contribution in [3.05, 3.63) is 76.6 Å². The van der Waals surface area contributed by atoms with Gasteiger partial charge >= 0.3 is 5.97 Å². The molecular weight excluding hydrogens is 458 g/mol. The van der Waals surface area contributed by atoms with Crippen molar-refractivity contribution >= 4 is 11.8 Å². The van der Waals surface area contributed by atoms with E-state index in [0.29, 0.717) is 46.9 Å². The third kappa shape index (κ3) is 5.25. The minimum atomic E-state index is -0.577. The minimum absolute atomic E-state index is 0.0266. The molecule has 0 fully saturated rings. The topological polar surface area (TPSA) is 83.1 Å². The number of Topliss-reactive ketones (excluding diaryl/α,β-unsaturated/α-hetero) is 1. The molecule has 36 heavy (non-hydrogen) atoms. The van der Waals surface area contributed by atoms with E-state index >= 15 is 0 Å². The molecule has 4 rings (SSSR count). The Labute approximate surface area is 212 Å². The summed E-state index contributed by atoms with van der Waals surface area (Å²) in [5.74, 6) is 0.771. The molecule has 2 aromatic carbocycles. The molecule has 1 aliphatic carbocycles. The molecule has 0 radical (unpaired) electrons. The SMILES string of the molecule is COc1ccc([C@H]2C(C(=O)OCCOc3ccccc3)=C(C)NC3=C2C(=O)CC(C)(C)C3)cc1OC. The summed E-state index contributed by atoms with van der Waals surface area (Å²) in [4.78, 5) is 26.9. The number of para-hydroxylation sites is 1. The Morgan fingerprint density at radius 3 is 2.42 bits per heavy atom. The predicted octanol–water partition coefficient (Wildman–Crippen LogP) is 4.93. The van der Waals surface area contributed by atoms with Crippen molar-refractivity contribution in [2.24, 2.45) is 5.41 Å². The molecule has 1 aliphatic heterocycles. The summed E-state index contributed by atoms with van der Waals surface area (Å²) in [7, 11) is 3.13. The van der Waals surface area contributed by atoms with Crippen molar-refractivity contribution in [1.29, 1.82) is 0 Å². The molecule has 0 amide bonds. The van der Waals surface area contributed by atoms with Crippen LogP contribution in [0.5, 0.6) is 17.2 Å². The Morgan fingerprint density at radius 2 is 1.72 bits per heavy atom. The van der Waals surface area contributed by atoms with Gasteiger partial charge in [-0.15, -0.1) is 0 Å². The lowest BCUT2D eigenvalue weighted by molar-refractivity contribution is -0.140. The van der Waals surface area contributed by atoms with E-state index in [9.17, 15) is 9.59 Å². The Bertz CT molecular complexity index is 1210. The first-order valence-corrected chi connectivity index (χ1v) is 12.0. The van der Waals surface area contributed by atoms with Gasteiger partial charge in [0.15, 0.2) is 17.3 Å². The summed E-state index contributed by atoms with van der Waals surface area (Å²) >= 11 is 0. The maximum Gasteiger partial charge on any atom is 0.336 e. The maximum absolute atomic E-state index is 13.4. The van der Waals surface area contributed by atoms with Crippen LogP contribution in [0.1, 0.15) is 45.1 Å². The zero-order valence-electron chi connectivity index (χ0n) is 21.5. The van der Waals surface area contributed by atoms with Crippen LogP contribution in [-0.4, -0.2) is 39.2 Å². The highest BCUT2D eigenvalue weighted by Gasteiger charge is 2.43. The van der Waals surface area contributed by atoms with Gasteiger partial charge in [-0.2, -0.15) is 0 Å². The second-order valence-corrected chi connectivity index (χ2v) is 9.84. The van der Waals surface area contributed by atoms with Crippen LogP contribution in [0.2, 0.25) is 0 Å². The third-order valence-corrected chi connectivity index (χ3v) is 6.53. The summed E-state index contributed by atoms with van der Waals surface area (Å²) in [5, 5.41) is 3.35. The highest BCUT2D eigenvalue weighted by Crippen LogP contribution is 2.47. The van der Waals surface area contributed by atoms with E-state index in [-0.39, 0.29) is 24.4 Å². The number of carbonyl (C=O) groups is 2. The molecule has 0 saturated carbocycles. The molecule has 1 N–H and O–H groups in total. The fourth-order valence-corrected chi connectivity index (χ4v) is 4.96. The summed E-state index contributed by atoms with van der Waals surface area (Å²) < 4.78 is 22.2. The highest BCUT2D eigenvalue weighted by atomic mass is 16.6. The van der Waals surface area contributed by atoms with Gasteiger partial charge in [0.25, 0.3) is 0 Å². The molecule has 190 valence electrons. The Hall–Kier alpha value is -3.74. The summed E-state index contributed by atoms with van der Waals surface area (Å²) in [6.07, 6.45) is 1.12. The first-order valence-electron chi connectivity index (χ1n) is 12.0. The minimum Gasteiger partial charge on any atom is -0.493 e. The largest absolute Gasteiger partial charge is 0.493 e. The lowest BCUT2D eigenvalue weighted by Crippen LogP contribution is -2.38. The van der Waals surface area contributed by atoms with Crippen LogP contribution in [0.15, 0.2) is 71.1 Å². The second kappa shape index (κ2) is 10.5. The number of nitrogens with one attached hydrogen (secondary N) is 1. The molecule has 7 nitrogen and oxygen atoms in total. The van der Waals surface area contributed by atoms with Crippen LogP contribution in [0.4, 0.5) is 0 Å². The molecule has 0 aromatic heterocycles. The molecule has 0 bridgehead atoms. The number of methoxy groups -OCH3 is 2. The smallest absolute Gasteiger partial charge is 0.336 e. The number of ether oxygens (including phenoxy) is 4. The number of carbonyl (C=O) groups excluding carboxylic acids is 2. The van der Waals surface area contributed by atoms with E-state index in [4.69, 9.17) is 18.9 Å². The predicted molar refractivity (Wildman–Crippen MR) is 136 cm³/mol. The highest BCUT2D eigenvalue weighted by molar-refractivity contribution is 6.04. The number of esters is 1. The number of rotatable bonds is 8. The summed E-state index contributed by atoms with van der Waals surface area (Å²) in [6, 6.07) is 14.8. The number of ketones is 1. The Balaban J connectivity index is 1.65.